The van der Waals surface area contributed by atoms with Crippen molar-refractivity contribution in [3.8, 4) is 17.6 Å². The van der Waals surface area contributed by atoms with Gasteiger partial charge in [-0.2, -0.15) is 5.26 Å². The quantitative estimate of drug-likeness (QED) is 0.221. The van der Waals surface area contributed by atoms with Gasteiger partial charge in [0.05, 0.1) is 46.2 Å². The minimum absolute atomic E-state index is 0.202. The van der Waals surface area contributed by atoms with Gasteiger partial charge >= 0.3 is 5.97 Å². The standard InChI is InChI=1S/C34H30ClN3O5S/c1-5-41-28-16-22(10-15-27(28)42-19-25-9-7-6-8-24(25)18-36)17-29-32(39)38-31(23-11-13-26(35)14-12-23)30(33(40)43-20(2)3)21(4)37-34(38)44-29/h6-17,20,31H,5,19H2,1-4H3/b29-17+/t31-/m0/s1. The first-order valence-corrected chi connectivity index (χ1v) is 15.3. The maximum absolute atomic E-state index is 14.0. The molecule has 0 saturated heterocycles. The zero-order valence-electron chi connectivity index (χ0n) is 24.7. The number of nitriles is 1. The Morgan fingerprint density at radius 1 is 1.11 bits per heavy atom. The summed E-state index contributed by atoms with van der Waals surface area (Å²) in [5.74, 6) is 0.506. The molecule has 0 amide bonds. The second kappa shape index (κ2) is 13.3. The van der Waals surface area contributed by atoms with Crippen LogP contribution in [0.25, 0.3) is 6.08 Å². The summed E-state index contributed by atoms with van der Waals surface area (Å²) < 4.78 is 19.4. The van der Waals surface area contributed by atoms with E-state index in [0.29, 0.717) is 54.9 Å². The van der Waals surface area contributed by atoms with Gasteiger partial charge in [-0.1, -0.05) is 59.3 Å². The fourth-order valence-electron chi connectivity index (χ4n) is 4.88. The first-order chi connectivity index (χ1) is 21.2. The molecule has 1 aliphatic heterocycles. The Kier molecular flexibility index (Phi) is 9.33. The van der Waals surface area contributed by atoms with Crippen LogP contribution in [-0.2, 0) is 16.1 Å². The Morgan fingerprint density at radius 3 is 2.57 bits per heavy atom. The number of hydrogen-bond donors (Lipinski definition) is 0. The number of hydrogen-bond acceptors (Lipinski definition) is 8. The summed E-state index contributed by atoms with van der Waals surface area (Å²) in [4.78, 5) is 32.4. The number of aromatic nitrogens is 1. The largest absolute Gasteiger partial charge is 0.490 e. The highest BCUT2D eigenvalue weighted by molar-refractivity contribution is 7.07. The molecular weight excluding hydrogens is 598 g/mol. The lowest BCUT2D eigenvalue weighted by Gasteiger charge is -2.25. The lowest BCUT2D eigenvalue weighted by molar-refractivity contribution is -0.143. The molecule has 0 radical (unpaired) electrons. The van der Waals surface area contributed by atoms with E-state index in [0.717, 1.165) is 11.1 Å². The van der Waals surface area contributed by atoms with Crippen molar-refractivity contribution in [1.29, 1.82) is 5.26 Å². The number of carbonyl (C=O) groups is 1. The van der Waals surface area contributed by atoms with Crippen molar-refractivity contribution in [2.24, 2.45) is 4.99 Å². The van der Waals surface area contributed by atoms with Crippen LogP contribution in [-0.4, -0.2) is 23.2 Å². The van der Waals surface area contributed by atoms with Crippen LogP contribution < -0.4 is 24.4 Å². The molecule has 0 saturated carbocycles. The molecule has 0 aliphatic carbocycles. The van der Waals surface area contributed by atoms with Gasteiger partial charge in [-0.15, -0.1) is 0 Å². The van der Waals surface area contributed by atoms with E-state index in [9.17, 15) is 14.9 Å². The number of halogens is 1. The van der Waals surface area contributed by atoms with Gasteiger partial charge in [0.1, 0.15) is 6.61 Å². The molecule has 0 fully saturated rings. The molecule has 44 heavy (non-hydrogen) atoms. The molecule has 2 heterocycles. The molecule has 0 unspecified atom stereocenters. The second-order valence-corrected chi connectivity index (χ2v) is 11.7. The molecule has 8 nitrogen and oxygen atoms in total. The second-order valence-electron chi connectivity index (χ2n) is 10.3. The fraction of sp³-hybridized carbons (Fsp3) is 0.235. The van der Waals surface area contributed by atoms with Crippen LogP contribution in [0.15, 0.2) is 87.8 Å². The van der Waals surface area contributed by atoms with Crippen LogP contribution in [0.1, 0.15) is 56.0 Å². The summed E-state index contributed by atoms with van der Waals surface area (Å²) in [6.45, 7) is 7.79. The minimum atomic E-state index is -0.733. The van der Waals surface area contributed by atoms with E-state index in [1.807, 2.05) is 31.2 Å². The molecule has 4 aromatic rings. The van der Waals surface area contributed by atoms with Crippen LogP contribution >= 0.6 is 22.9 Å². The van der Waals surface area contributed by atoms with Gasteiger partial charge < -0.3 is 14.2 Å². The third-order valence-electron chi connectivity index (χ3n) is 6.86. The normalized spacial score (nSPS) is 14.6. The molecule has 0 spiro atoms. The zero-order valence-corrected chi connectivity index (χ0v) is 26.2. The highest BCUT2D eigenvalue weighted by atomic mass is 35.5. The number of ether oxygens (including phenoxy) is 3. The molecule has 224 valence electrons. The van der Waals surface area contributed by atoms with Crippen molar-refractivity contribution in [2.45, 2.75) is 46.4 Å². The summed E-state index contributed by atoms with van der Waals surface area (Å²) in [6.07, 6.45) is 1.43. The maximum atomic E-state index is 14.0. The molecule has 0 bridgehead atoms. The average molecular weight is 628 g/mol. The molecule has 10 heteroatoms. The molecular formula is C34H30ClN3O5S. The van der Waals surface area contributed by atoms with Crippen molar-refractivity contribution >= 4 is 35.0 Å². The summed E-state index contributed by atoms with van der Waals surface area (Å²) in [5.41, 5.74) is 3.25. The van der Waals surface area contributed by atoms with Gasteiger partial charge in [0, 0.05) is 10.6 Å². The van der Waals surface area contributed by atoms with Crippen molar-refractivity contribution in [1.82, 2.24) is 4.57 Å². The Labute approximate surface area is 263 Å². The SMILES string of the molecule is CCOc1cc(/C=c2/sc3n(c2=O)[C@@H](c2ccc(Cl)cc2)C(C(=O)OC(C)C)=C(C)N=3)ccc1OCc1ccccc1C#N. The van der Waals surface area contributed by atoms with Gasteiger partial charge in [-0.05, 0) is 75.2 Å². The number of fused-ring (bicyclic) bond motifs is 1. The third-order valence-corrected chi connectivity index (χ3v) is 8.09. The van der Waals surface area contributed by atoms with Crippen LogP contribution in [0, 0.1) is 11.3 Å². The minimum Gasteiger partial charge on any atom is -0.490 e. The third kappa shape index (κ3) is 6.47. The molecule has 0 N–H and O–H groups in total. The fourth-order valence-corrected chi connectivity index (χ4v) is 6.06. The van der Waals surface area contributed by atoms with Gasteiger partial charge in [0.15, 0.2) is 16.3 Å². The highest BCUT2D eigenvalue weighted by Crippen LogP contribution is 2.32. The van der Waals surface area contributed by atoms with E-state index in [4.69, 9.17) is 25.8 Å². The molecule has 1 atom stereocenters. The zero-order chi connectivity index (χ0) is 31.4. The van der Waals surface area contributed by atoms with E-state index in [-0.39, 0.29) is 18.3 Å². The van der Waals surface area contributed by atoms with Crippen molar-refractivity contribution < 1.29 is 19.0 Å². The number of esters is 1. The lowest BCUT2D eigenvalue weighted by atomic mass is 9.96. The molecule has 3 aromatic carbocycles. The van der Waals surface area contributed by atoms with Crippen LogP contribution in [0.5, 0.6) is 11.5 Å². The van der Waals surface area contributed by atoms with E-state index >= 15 is 0 Å². The first-order valence-electron chi connectivity index (χ1n) is 14.1. The number of thiazole rings is 1. The Bertz CT molecular complexity index is 1970. The molecule has 1 aromatic heterocycles. The van der Waals surface area contributed by atoms with Gasteiger partial charge in [0.2, 0.25) is 0 Å². The van der Waals surface area contributed by atoms with Crippen LogP contribution in [0.3, 0.4) is 0 Å². The Hall–Kier alpha value is -4.65. The summed E-state index contributed by atoms with van der Waals surface area (Å²) >= 11 is 7.40. The van der Waals surface area contributed by atoms with Crippen LogP contribution in [0.4, 0.5) is 0 Å². The Balaban J connectivity index is 1.55. The topological polar surface area (TPSA) is 103 Å². The predicted molar refractivity (Wildman–Crippen MR) is 170 cm³/mol. The van der Waals surface area contributed by atoms with Gasteiger partial charge in [-0.25, -0.2) is 9.79 Å². The highest BCUT2D eigenvalue weighted by Gasteiger charge is 2.33. The van der Waals surface area contributed by atoms with Crippen molar-refractivity contribution in [3.63, 3.8) is 0 Å². The van der Waals surface area contributed by atoms with Crippen molar-refractivity contribution in [2.75, 3.05) is 6.61 Å². The number of benzene rings is 3. The van der Waals surface area contributed by atoms with Gasteiger partial charge in [-0.3, -0.25) is 9.36 Å². The summed E-state index contributed by atoms with van der Waals surface area (Å²) in [5, 5.41) is 9.94. The number of rotatable bonds is 9. The molecule has 5 rings (SSSR count). The van der Waals surface area contributed by atoms with Gasteiger partial charge in [0.25, 0.3) is 5.56 Å². The predicted octanol–water partition coefficient (Wildman–Crippen LogP) is 5.69. The van der Waals surface area contributed by atoms with Crippen LogP contribution in [0.2, 0.25) is 5.02 Å². The van der Waals surface area contributed by atoms with E-state index in [2.05, 4.69) is 11.1 Å². The number of allylic oxidation sites excluding steroid dienone is 1. The first kappa shape index (κ1) is 30.8. The smallest absolute Gasteiger partial charge is 0.338 e. The monoisotopic (exact) mass is 627 g/mol. The van der Waals surface area contributed by atoms with E-state index in [1.54, 1.807) is 69.3 Å². The summed E-state index contributed by atoms with van der Waals surface area (Å²) in [6, 6.07) is 21.2. The molecule has 1 aliphatic rings. The average Bonchev–Trinajstić information content (AvgIpc) is 3.30. The van der Waals surface area contributed by atoms with Crippen molar-refractivity contribution in [3.05, 3.63) is 125 Å². The van der Waals surface area contributed by atoms with E-state index in [1.165, 1.54) is 15.9 Å². The lowest BCUT2D eigenvalue weighted by Crippen LogP contribution is -2.40. The number of carbonyl (C=O) groups excluding carboxylic acids is 1. The maximum Gasteiger partial charge on any atom is 0.338 e. The summed E-state index contributed by atoms with van der Waals surface area (Å²) in [7, 11) is 0. The van der Waals surface area contributed by atoms with E-state index < -0.39 is 12.0 Å². The number of nitrogens with zero attached hydrogens (tertiary/aromatic N) is 3. The Morgan fingerprint density at radius 2 is 1.86 bits per heavy atom.